The number of aliphatic hydroxyl groups is 1. The summed E-state index contributed by atoms with van der Waals surface area (Å²) in [6, 6.07) is 2.19. The van der Waals surface area contributed by atoms with Gasteiger partial charge in [0.2, 0.25) is 0 Å². The van der Waals surface area contributed by atoms with Gasteiger partial charge in [0.15, 0.2) is 5.69 Å². The fraction of sp³-hybridized carbons (Fsp3) is 0.667. The SMILES string of the molecule is OCC1CCCC1CNc1ccc(C(F)(F)F)nn1. The molecule has 0 aromatic carbocycles. The molecule has 1 heterocycles. The molecule has 106 valence electrons. The Balaban J connectivity index is 1.90. The molecular weight excluding hydrogens is 259 g/mol. The van der Waals surface area contributed by atoms with Crippen LogP contribution in [0.2, 0.25) is 0 Å². The second kappa shape index (κ2) is 5.73. The van der Waals surface area contributed by atoms with Crippen LogP contribution in [0, 0.1) is 11.8 Å². The van der Waals surface area contributed by atoms with Crippen LogP contribution in [0.4, 0.5) is 19.0 Å². The van der Waals surface area contributed by atoms with E-state index in [0.29, 0.717) is 18.3 Å². The first kappa shape index (κ1) is 14.0. The Morgan fingerprint density at radius 3 is 2.53 bits per heavy atom. The number of nitrogens with zero attached hydrogens (tertiary/aromatic N) is 2. The van der Waals surface area contributed by atoms with Crippen molar-refractivity contribution >= 4 is 5.82 Å². The Labute approximate surface area is 109 Å². The lowest BCUT2D eigenvalue weighted by Crippen LogP contribution is -2.21. The van der Waals surface area contributed by atoms with Crippen LogP contribution >= 0.6 is 0 Å². The van der Waals surface area contributed by atoms with E-state index in [4.69, 9.17) is 0 Å². The molecule has 0 saturated heterocycles. The molecule has 1 aliphatic carbocycles. The van der Waals surface area contributed by atoms with E-state index in [0.717, 1.165) is 25.3 Å². The largest absolute Gasteiger partial charge is 0.435 e. The summed E-state index contributed by atoms with van der Waals surface area (Å²) >= 11 is 0. The third-order valence-electron chi connectivity index (χ3n) is 3.55. The molecule has 0 radical (unpaired) electrons. The molecule has 2 unspecified atom stereocenters. The summed E-state index contributed by atoms with van der Waals surface area (Å²) in [7, 11) is 0. The van der Waals surface area contributed by atoms with Crippen LogP contribution < -0.4 is 5.32 Å². The molecule has 1 aromatic rings. The van der Waals surface area contributed by atoms with E-state index in [9.17, 15) is 18.3 Å². The predicted octanol–water partition coefficient (Wildman–Crippen LogP) is 2.32. The van der Waals surface area contributed by atoms with Crippen LogP contribution in [0.25, 0.3) is 0 Å². The summed E-state index contributed by atoms with van der Waals surface area (Å²) in [5, 5.41) is 18.8. The predicted molar refractivity (Wildman–Crippen MR) is 63.4 cm³/mol. The number of halogens is 3. The Bertz CT molecular complexity index is 408. The second-order valence-electron chi connectivity index (χ2n) is 4.82. The first-order valence-electron chi connectivity index (χ1n) is 6.26. The summed E-state index contributed by atoms with van der Waals surface area (Å²) in [6.45, 7) is 0.760. The quantitative estimate of drug-likeness (QED) is 0.885. The van der Waals surface area contributed by atoms with Crippen molar-refractivity contribution in [3.05, 3.63) is 17.8 Å². The first-order valence-corrected chi connectivity index (χ1v) is 6.26. The lowest BCUT2D eigenvalue weighted by atomic mass is 9.97. The van der Waals surface area contributed by atoms with Gasteiger partial charge in [-0.05, 0) is 36.8 Å². The molecule has 2 rings (SSSR count). The minimum Gasteiger partial charge on any atom is -0.396 e. The highest BCUT2D eigenvalue weighted by Crippen LogP contribution is 2.31. The van der Waals surface area contributed by atoms with Crippen molar-refractivity contribution in [1.82, 2.24) is 10.2 Å². The van der Waals surface area contributed by atoms with Crippen molar-refractivity contribution < 1.29 is 18.3 Å². The van der Waals surface area contributed by atoms with Crippen LogP contribution in [-0.2, 0) is 6.18 Å². The van der Waals surface area contributed by atoms with Gasteiger partial charge in [-0.1, -0.05) is 6.42 Å². The molecule has 0 amide bonds. The smallest absolute Gasteiger partial charge is 0.396 e. The fourth-order valence-electron chi connectivity index (χ4n) is 2.44. The van der Waals surface area contributed by atoms with E-state index in [1.54, 1.807) is 0 Å². The molecule has 2 atom stereocenters. The highest BCUT2D eigenvalue weighted by Gasteiger charge is 2.33. The minimum atomic E-state index is -4.46. The standard InChI is InChI=1S/C12H16F3N3O/c13-12(14,15)10-4-5-11(18-17-10)16-6-8-2-1-3-9(8)7-19/h4-5,8-9,19H,1-3,6-7H2,(H,16,18). The summed E-state index contributed by atoms with van der Waals surface area (Å²) in [6.07, 6.45) is -1.36. The van der Waals surface area contributed by atoms with Crippen LogP contribution in [-0.4, -0.2) is 28.5 Å². The first-order chi connectivity index (χ1) is 9.00. The summed E-state index contributed by atoms with van der Waals surface area (Å²) in [5.74, 6) is 0.945. The summed E-state index contributed by atoms with van der Waals surface area (Å²) in [4.78, 5) is 0. The highest BCUT2D eigenvalue weighted by atomic mass is 19.4. The number of nitrogens with one attached hydrogen (secondary N) is 1. The molecule has 7 heteroatoms. The Morgan fingerprint density at radius 1 is 1.21 bits per heavy atom. The number of alkyl halides is 3. The van der Waals surface area contributed by atoms with Crippen LogP contribution in [0.5, 0.6) is 0 Å². The number of aliphatic hydroxyl groups excluding tert-OH is 1. The molecule has 1 fully saturated rings. The van der Waals surface area contributed by atoms with Gasteiger partial charge >= 0.3 is 6.18 Å². The second-order valence-corrected chi connectivity index (χ2v) is 4.82. The Kier molecular flexibility index (Phi) is 4.24. The third-order valence-corrected chi connectivity index (χ3v) is 3.55. The Hall–Kier alpha value is -1.37. The number of anilines is 1. The minimum absolute atomic E-state index is 0.158. The van der Waals surface area contributed by atoms with Gasteiger partial charge in [-0.2, -0.15) is 13.2 Å². The van der Waals surface area contributed by atoms with Crippen molar-refractivity contribution in [2.45, 2.75) is 25.4 Å². The van der Waals surface area contributed by atoms with E-state index >= 15 is 0 Å². The molecule has 19 heavy (non-hydrogen) atoms. The van der Waals surface area contributed by atoms with Gasteiger partial charge in [0.05, 0.1) is 0 Å². The molecule has 0 aliphatic heterocycles. The van der Waals surface area contributed by atoms with Crippen molar-refractivity contribution in [3.63, 3.8) is 0 Å². The van der Waals surface area contributed by atoms with E-state index in [1.807, 2.05) is 0 Å². The Morgan fingerprint density at radius 2 is 1.95 bits per heavy atom. The van der Waals surface area contributed by atoms with Crippen molar-refractivity contribution in [2.75, 3.05) is 18.5 Å². The zero-order chi connectivity index (χ0) is 13.9. The number of rotatable bonds is 4. The third kappa shape index (κ3) is 3.56. The highest BCUT2D eigenvalue weighted by molar-refractivity contribution is 5.33. The van der Waals surface area contributed by atoms with Crippen molar-refractivity contribution in [1.29, 1.82) is 0 Å². The fourth-order valence-corrected chi connectivity index (χ4v) is 2.44. The van der Waals surface area contributed by atoms with Gasteiger partial charge in [0.25, 0.3) is 0 Å². The molecule has 1 aliphatic rings. The van der Waals surface area contributed by atoms with Crippen molar-refractivity contribution in [2.24, 2.45) is 11.8 Å². The van der Waals surface area contributed by atoms with E-state index in [2.05, 4.69) is 15.5 Å². The zero-order valence-corrected chi connectivity index (χ0v) is 10.3. The van der Waals surface area contributed by atoms with Gasteiger partial charge in [0.1, 0.15) is 5.82 Å². The summed E-state index contributed by atoms with van der Waals surface area (Å²) in [5.41, 5.74) is -0.993. The van der Waals surface area contributed by atoms with Gasteiger partial charge < -0.3 is 10.4 Å². The maximum Gasteiger partial charge on any atom is 0.435 e. The van der Waals surface area contributed by atoms with Crippen LogP contribution in [0.15, 0.2) is 12.1 Å². The lowest BCUT2D eigenvalue weighted by molar-refractivity contribution is -0.141. The van der Waals surface area contributed by atoms with Gasteiger partial charge in [-0.15, -0.1) is 10.2 Å². The maximum atomic E-state index is 12.3. The molecule has 1 saturated carbocycles. The summed E-state index contributed by atoms with van der Waals surface area (Å²) < 4.78 is 36.9. The molecular formula is C12H16F3N3O. The normalized spacial score (nSPS) is 23.6. The zero-order valence-electron chi connectivity index (χ0n) is 10.3. The average Bonchev–Trinajstić information content (AvgIpc) is 2.83. The number of hydrogen-bond donors (Lipinski definition) is 2. The van der Waals surface area contributed by atoms with Crippen molar-refractivity contribution in [3.8, 4) is 0 Å². The molecule has 4 nitrogen and oxygen atoms in total. The lowest BCUT2D eigenvalue weighted by Gasteiger charge is -2.17. The van der Waals surface area contributed by atoms with Gasteiger partial charge in [0, 0.05) is 13.2 Å². The van der Waals surface area contributed by atoms with Gasteiger partial charge in [-0.25, -0.2) is 0 Å². The van der Waals surface area contributed by atoms with Crippen LogP contribution in [0.3, 0.4) is 0 Å². The monoisotopic (exact) mass is 275 g/mol. The molecule has 0 bridgehead atoms. The number of aromatic nitrogens is 2. The number of hydrogen-bond acceptors (Lipinski definition) is 4. The molecule has 0 spiro atoms. The van der Waals surface area contributed by atoms with Crippen LogP contribution in [0.1, 0.15) is 25.0 Å². The maximum absolute atomic E-state index is 12.3. The van der Waals surface area contributed by atoms with E-state index in [1.165, 1.54) is 6.07 Å². The average molecular weight is 275 g/mol. The topological polar surface area (TPSA) is 58.0 Å². The van der Waals surface area contributed by atoms with E-state index < -0.39 is 11.9 Å². The molecule has 1 aromatic heterocycles. The van der Waals surface area contributed by atoms with Gasteiger partial charge in [-0.3, -0.25) is 0 Å². The van der Waals surface area contributed by atoms with E-state index in [-0.39, 0.29) is 12.5 Å². The molecule has 2 N–H and O–H groups in total.